The number of carboxylic acids is 1. The Bertz CT molecular complexity index is 503. The van der Waals surface area contributed by atoms with Crippen molar-refractivity contribution in [3.8, 4) is 0 Å². The Balaban J connectivity index is 2.20. The molecule has 0 amide bonds. The molecule has 0 saturated carbocycles. The predicted octanol–water partition coefficient (Wildman–Crippen LogP) is 1.52. The van der Waals surface area contributed by atoms with Crippen molar-refractivity contribution >= 4 is 27.7 Å². The first-order valence-electron chi connectivity index (χ1n) is 6.31. The fourth-order valence-electron chi connectivity index (χ4n) is 2.32. The van der Waals surface area contributed by atoms with E-state index in [1.165, 1.54) is 6.07 Å². The number of carboxylic acid groups (broad SMARTS) is 1. The lowest BCUT2D eigenvalue weighted by molar-refractivity contribution is -0.0573. The van der Waals surface area contributed by atoms with Crippen molar-refractivity contribution in [1.82, 2.24) is 4.98 Å². The molecular weight excluding hydrogens is 328 g/mol. The van der Waals surface area contributed by atoms with E-state index in [2.05, 4.69) is 20.9 Å². The van der Waals surface area contributed by atoms with Gasteiger partial charge in [-0.2, -0.15) is 0 Å². The number of rotatable bonds is 4. The van der Waals surface area contributed by atoms with E-state index in [0.717, 1.165) is 0 Å². The van der Waals surface area contributed by atoms with Gasteiger partial charge in [0.1, 0.15) is 11.4 Å². The van der Waals surface area contributed by atoms with Gasteiger partial charge in [0, 0.05) is 50.3 Å². The number of anilines is 1. The first kappa shape index (κ1) is 15.2. The Morgan fingerprint density at radius 1 is 1.55 bits per heavy atom. The smallest absolute Gasteiger partial charge is 0.339 e. The van der Waals surface area contributed by atoms with Gasteiger partial charge in [0.25, 0.3) is 0 Å². The molecule has 0 spiro atoms. The topological polar surface area (TPSA) is 82.9 Å². The molecule has 0 atom stereocenters. The quantitative estimate of drug-likeness (QED) is 0.861. The number of halogens is 1. The lowest BCUT2D eigenvalue weighted by Crippen LogP contribution is -2.46. The summed E-state index contributed by atoms with van der Waals surface area (Å²) in [7, 11) is 1.73. The minimum absolute atomic E-state index is 0.109. The van der Waals surface area contributed by atoms with Crippen LogP contribution in [0, 0.1) is 0 Å². The average Bonchev–Trinajstić information content (AvgIpc) is 2.38. The van der Waals surface area contributed by atoms with Crippen LogP contribution in [0.4, 0.5) is 5.82 Å². The summed E-state index contributed by atoms with van der Waals surface area (Å²) in [5.74, 6) is -0.694. The van der Waals surface area contributed by atoms with Crippen LogP contribution in [0.15, 0.2) is 16.7 Å². The third-order valence-corrected chi connectivity index (χ3v) is 3.81. The number of hydrogen-bond acceptors (Lipinski definition) is 5. The maximum absolute atomic E-state index is 11.3. The highest BCUT2D eigenvalue weighted by atomic mass is 79.9. The van der Waals surface area contributed by atoms with Crippen molar-refractivity contribution in [2.45, 2.75) is 18.4 Å². The summed E-state index contributed by atoms with van der Waals surface area (Å²) in [4.78, 5) is 17.1. The molecule has 0 aromatic carbocycles. The molecule has 1 fully saturated rings. The lowest BCUT2D eigenvalue weighted by Gasteiger charge is -2.36. The molecule has 1 saturated heterocycles. The lowest BCUT2D eigenvalue weighted by atomic mass is 9.94. The molecule has 7 heteroatoms. The number of aliphatic hydroxyl groups is 1. The van der Waals surface area contributed by atoms with Crippen LogP contribution in [-0.4, -0.2) is 53.6 Å². The van der Waals surface area contributed by atoms with E-state index in [0.29, 0.717) is 42.9 Å². The normalized spacial score (nSPS) is 17.8. The first-order valence-corrected chi connectivity index (χ1v) is 7.11. The van der Waals surface area contributed by atoms with Gasteiger partial charge in [-0.15, -0.1) is 0 Å². The molecule has 1 aliphatic rings. The Morgan fingerprint density at radius 3 is 2.80 bits per heavy atom. The van der Waals surface area contributed by atoms with Crippen LogP contribution in [0.5, 0.6) is 0 Å². The SMILES string of the molecule is CN(CC1(O)CCOCC1)c1ncc(Br)cc1C(=O)O. The maximum atomic E-state index is 11.3. The Hall–Kier alpha value is -1.18. The largest absolute Gasteiger partial charge is 0.478 e. The van der Waals surface area contributed by atoms with Crippen LogP contribution in [0.2, 0.25) is 0 Å². The summed E-state index contributed by atoms with van der Waals surface area (Å²) >= 11 is 3.21. The van der Waals surface area contributed by atoms with Crippen LogP contribution in [0.3, 0.4) is 0 Å². The van der Waals surface area contributed by atoms with Gasteiger partial charge in [-0.1, -0.05) is 0 Å². The van der Waals surface area contributed by atoms with Crippen LogP contribution >= 0.6 is 15.9 Å². The van der Waals surface area contributed by atoms with Gasteiger partial charge in [-0.3, -0.25) is 0 Å². The highest BCUT2D eigenvalue weighted by molar-refractivity contribution is 9.10. The molecular formula is C13H17BrN2O4. The van der Waals surface area contributed by atoms with Gasteiger partial charge in [0.05, 0.1) is 5.60 Å². The molecule has 110 valence electrons. The summed E-state index contributed by atoms with van der Waals surface area (Å²) in [6.45, 7) is 1.36. The number of aromatic nitrogens is 1. The van der Waals surface area contributed by atoms with Gasteiger partial charge in [0.2, 0.25) is 0 Å². The summed E-state index contributed by atoms with van der Waals surface area (Å²) < 4.78 is 5.84. The van der Waals surface area contributed by atoms with E-state index in [1.54, 1.807) is 18.1 Å². The highest BCUT2D eigenvalue weighted by Crippen LogP contribution is 2.26. The van der Waals surface area contributed by atoms with E-state index in [1.807, 2.05) is 0 Å². The van der Waals surface area contributed by atoms with Crippen molar-refractivity contribution in [2.24, 2.45) is 0 Å². The molecule has 6 nitrogen and oxygen atoms in total. The van der Waals surface area contributed by atoms with Crippen LogP contribution in [-0.2, 0) is 4.74 Å². The standard InChI is InChI=1S/C13H17BrN2O4/c1-16(8-13(19)2-4-20-5-3-13)11-10(12(17)18)6-9(14)7-15-11/h6-7,19H,2-5,8H2,1H3,(H,17,18). The Kier molecular flexibility index (Phi) is 4.62. The van der Waals surface area contributed by atoms with E-state index in [9.17, 15) is 15.0 Å². The monoisotopic (exact) mass is 344 g/mol. The van der Waals surface area contributed by atoms with Crippen molar-refractivity contribution in [1.29, 1.82) is 0 Å². The molecule has 0 unspecified atom stereocenters. The van der Waals surface area contributed by atoms with Crippen molar-refractivity contribution < 1.29 is 19.7 Å². The van der Waals surface area contributed by atoms with Gasteiger partial charge >= 0.3 is 5.97 Å². The van der Waals surface area contributed by atoms with Crippen molar-refractivity contribution in [3.63, 3.8) is 0 Å². The molecule has 2 N–H and O–H groups in total. The highest BCUT2D eigenvalue weighted by Gasteiger charge is 2.32. The fraction of sp³-hybridized carbons (Fsp3) is 0.538. The molecule has 2 rings (SSSR count). The van der Waals surface area contributed by atoms with Crippen LogP contribution in [0.25, 0.3) is 0 Å². The third-order valence-electron chi connectivity index (χ3n) is 3.38. The molecule has 0 aliphatic carbocycles. The zero-order valence-corrected chi connectivity index (χ0v) is 12.8. The summed E-state index contributed by atoms with van der Waals surface area (Å²) in [5.41, 5.74) is -0.755. The Labute approximate surface area is 125 Å². The second kappa shape index (κ2) is 6.07. The summed E-state index contributed by atoms with van der Waals surface area (Å²) in [6, 6.07) is 1.51. The molecule has 1 aliphatic heterocycles. The molecule has 1 aromatic rings. The fourth-order valence-corrected chi connectivity index (χ4v) is 2.65. The second-order valence-corrected chi connectivity index (χ2v) is 5.94. The molecule has 0 radical (unpaired) electrons. The number of ether oxygens (including phenoxy) is 1. The number of pyridine rings is 1. The van der Waals surface area contributed by atoms with Crippen LogP contribution in [0.1, 0.15) is 23.2 Å². The molecule has 2 heterocycles. The number of nitrogens with zero attached hydrogens (tertiary/aromatic N) is 2. The molecule has 1 aromatic heterocycles. The zero-order chi connectivity index (χ0) is 14.8. The van der Waals surface area contributed by atoms with E-state index in [-0.39, 0.29) is 5.56 Å². The number of likely N-dealkylation sites (N-methyl/N-ethyl adjacent to an activating group) is 1. The Morgan fingerprint density at radius 2 is 2.20 bits per heavy atom. The zero-order valence-electron chi connectivity index (χ0n) is 11.2. The predicted molar refractivity (Wildman–Crippen MR) is 77.2 cm³/mol. The van der Waals surface area contributed by atoms with E-state index < -0.39 is 11.6 Å². The van der Waals surface area contributed by atoms with Crippen molar-refractivity contribution in [2.75, 3.05) is 31.7 Å². The maximum Gasteiger partial charge on any atom is 0.339 e. The number of carbonyl (C=O) groups is 1. The summed E-state index contributed by atoms with van der Waals surface area (Å²) in [5, 5.41) is 19.7. The molecule has 0 bridgehead atoms. The van der Waals surface area contributed by atoms with Gasteiger partial charge < -0.3 is 19.8 Å². The minimum atomic E-state index is -1.04. The summed E-state index contributed by atoms with van der Waals surface area (Å²) in [6.07, 6.45) is 2.62. The average molecular weight is 345 g/mol. The number of hydrogen-bond donors (Lipinski definition) is 2. The van der Waals surface area contributed by atoms with Gasteiger partial charge in [-0.05, 0) is 22.0 Å². The van der Waals surface area contributed by atoms with Gasteiger partial charge in [-0.25, -0.2) is 9.78 Å². The first-order chi connectivity index (χ1) is 9.41. The third kappa shape index (κ3) is 3.47. The van der Waals surface area contributed by atoms with E-state index >= 15 is 0 Å². The minimum Gasteiger partial charge on any atom is -0.478 e. The second-order valence-electron chi connectivity index (χ2n) is 5.02. The van der Waals surface area contributed by atoms with E-state index in [4.69, 9.17) is 4.74 Å². The van der Waals surface area contributed by atoms with Crippen molar-refractivity contribution in [3.05, 3.63) is 22.3 Å². The number of aromatic carboxylic acids is 1. The van der Waals surface area contributed by atoms with Crippen LogP contribution < -0.4 is 4.90 Å². The van der Waals surface area contributed by atoms with Gasteiger partial charge in [0.15, 0.2) is 0 Å². The molecule has 20 heavy (non-hydrogen) atoms.